The second kappa shape index (κ2) is 5.34. The van der Waals surface area contributed by atoms with Crippen LogP contribution in [-0.2, 0) is 6.54 Å². The molecule has 0 saturated heterocycles. The summed E-state index contributed by atoms with van der Waals surface area (Å²) in [5, 5.41) is 5.34. The topological polar surface area (TPSA) is 21.3 Å². The van der Waals surface area contributed by atoms with Gasteiger partial charge in [-0.2, -0.15) is 0 Å². The molecule has 2 rings (SSSR count). The van der Waals surface area contributed by atoms with Crippen LogP contribution in [0.4, 0.5) is 0 Å². The molecule has 1 heterocycles. The van der Waals surface area contributed by atoms with Crippen LogP contribution < -0.4 is 10.1 Å². The molecule has 0 bridgehead atoms. The lowest BCUT2D eigenvalue weighted by molar-refractivity contribution is 0.414. The number of rotatable bonds is 4. The number of thiophene rings is 1. The first-order chi connectivity index (χ1) is 8.26. The number of hydrogen-bond acceptors (Lipinski definition) is 3. The number of aryl methyl sites for hydroxylation is 1. The van der Waals surface area contributed by atoms with Crippen molar-refractivity contribution in [2.24, 2.45) is 0 Å². The maximum atomic E-state index is 5.28. The van der Waals surface area contributed by atoms with Gasteiger partial charge in [-0.1, -0.05) is 0 Å². The van der Waals surface area contributed by atoms with Crippen molar-refractivity contribution in [3.05, 3.63) is 40.8 Å². The lowest BCUT2D eigenvalue weighted by atomic mass is 10.0. The molecule has 0 saturated carbocycles. The van der Waals surface area contributed by atoms with E-state index in [9.17, 15) is 0 Å². The molecule has 1 aromatic carbocycles. The second-order valence-corrected chi connectivity index (χ2v) is 4.90. The summed E-state index contributed by atoms with van der Waals surface area (Å²) in [7, 11) is 3.67. The third-order valence-corrected chi connectivity index (χ3v) is 3.84. The van der Waals surface area contributed by atoms with Gasteiger partial charge >= 0.3 is 0 Å². The van der Waals surface area contributed by atoms with Gasteiger partial charge < -0.3 is 10.1 Å². The van der Waals surface area contributed by atoms with Crippen molar-refractivity contribution in [3.8, 4) is 16.2 Å². The Balaban J connectivity index is 2.49. The lowest BCUT2D eigenvalue weighted by Crippen LogP contribution is -2.06. The van der Waals surface area contributed by atoms with Gasteiger partial charge in [0.1, 0.15) is 5.75 Å². The molecule has 1 aromatic heterocycles. The molecule has 0 aliphatic rings. The summed E-state index contributed by atoms with van der Waals surface area (Å²) in [4.78, 5) is 1.35. The summed E-state index contributed by atoms with van der Waals surface area (Å²) in [6.45, 7) is 3.00. The third-order valence-electron chi connectivity index (χ3n) is 2.79. The molecule has 0 fully saturated rings. The van der Waals surface area contributed by atoms with Crippen LogP contribution in [0, 0.1) is 6.92 Å². The van der Waals surface area contributed by atoms with Crippen molar-refractivity contribution >= 4 is 11.3 Å². The predicted molar refractivity (Wildman–Crippen MR) is 73.8 cm³/mol. The molecule has 0 unspecified atom stereocenters. The smallest absolute Gasteiger partial charge is 0.119 e. The van der Waals surface area contributed by atoms with Crippen LogP contribution in [0.15, 0.2) is 29.6 Å². The summed E-state index contributed by atoms with van der Waals surface area (Å²) in [6.07, 6.45) is 0. The number of benzene rings is 1. The molecule has 2 nitrogen and oxygen atoms in total. The zero-order chi connectivity index (χ0) is 12.3. The van der Waals surface area contributed by atoms with Gasteiger partial charge in [0, 0.05) is 11.4 Å². The zero-order valence-electron chi connectivity index (χ0n) is 10.4. The monoisotopic (exact) mass is 247 g/mol. The standard InChI is InChI=1S/C14H17NOS/c1-10-6-7-17-14(10)13-5-4-12(16-3)8-11(13)9-15-2/h4-8,15H,9H2,1-3H3. The first-order valence-corrected chi connectivity index (χ1v) is 6.50. The normalized spacial score (nSPS) is 10.5. The summed E-state index contributed by atoms with van der Waals surface area (Å²) in [5.41, 5.74) is 3.91. The summed E-state index contributed by atoms with van der Waals surface area (Å²) in [5.74, 6) is 0.910. The third kappa shape index (κ3) is 2.51. The van der Waals surface area contributed by atoms with E-state index in [-0.39, 0.29) is 0 Å². The number of nitrogens with one attached hydrogen (secondary N) is 1. The molecule has 2 aromatic rings. The highest BCUT2D eigenvalue weighted by Gasteiger charge is 2.09. The maximum Gasteiger partial charge on any atom is 0.119 e. The van der Waals surface area contributed by atoms with Gasteiger partial charge in [-0.3, -0.25) is 0 Å². The number of hydrogen-bond donors (Lipinski definition) is 1. The minimum atomic E-state index is 0.851. The van der Waals surface area contributed by atoms with E-state index in [1.165, 1.54) is 21.6 Å². The minimum Gasteiger partial charge on any atom is -0.497 e. The van der Waals surface area contributed by atoms with E-state index in [1.54, 1.807) is 18.4 Å². The minimum absolute atomic E-state index is 0.851. The van der Waals surface area contributed by atoms with Gasteiger partial charge in [-0.25, -0.2) is 0 Å². The SMILES string of the molecule is CNCc1cc(OC)ccc1-c1sccc1C. The summed E-state index contributed by atoms with van der Waals surface area (Å²) < 4.78 is 5.28. The Bertz CT molecular complexity index is 505. The van der Waals surface area contributed by atoms with Crippen LogP contribution in [0.3, 0.4) is 0 Å². The number of methoxy groups -OCH3 is 1. The maximum absolute atomic E-state index is 5.28. The van der Waals surface area contributed by atoms with Gasteiger partial charge in [0.05, 0.1) is 7.11 Å². The van der Waals surface area contributed by atoms with E-state index in [0.29, 0.717) is 0 Å². The van der Waals surface area contributed by atoms with Crippen LogP contribution in [-0.4, -0.2) is 14.2 Å². The molecule has 0 aliphatic carbocycles. The van der Waals surface area contributed by atoms with E-state index in [1.807, 2.05) is 13.1 Å². The predicted octanol–water partition coefficient (Wildman–Crippen LogP) is 3.45. The molecule has 0 aliphatic heterocycles. The van der Waals surface area contributed by atoms with Gasteiger partial charge in [-0.15, -0.1) is 11.3 Å². The van der Waals surface area contributed by atoms with Gasteiger partial charge in [0.15, 0.2) is 0 Å². The quantitative estimate of drug-likeness (QED) is 0.893. The van der Waals surface area contributed by atoms with E-state index >= 15 is 0 Å². The summed E-state index contributed by atoms with van der Waals surface area (Å²) in [6, 6.07) is 8.43. The molecule has 0 amide bonds. The van der Waals surface area contributed by atoms with Crippen molar-refractivity contribution in [2.75, 3.05) is 14.2 Å². The van der Waals surface area contributed by atoms with E-state index in [0.717, 1.165) is 12.3 Å². The Hall–Kier alpha value is -1.32. The van der Waals surface area contributed by atoms with E-state index < -0.39 is 0 Å². The highest BCUT2D eigenvalue weighted by molar-refractivity contribution is 7.13. The van der Waals surface area contributed by atoms with Crippen molar-refractivity contribution < 1.29 is 4.74 Å². The average Bonchev–Trinajstić information content (AvgIpc) is 2.76. The molecule has 0 radical (unpaired) electrons. The van der Waals surface area contributed by atoms with Crippen LogP contribution >= 0.6 is 11.3 Å². The molecule has 3 heteroatoms. The van der Waals surface area contributed by atoms with Gasteiger partial charge in [-0.05, 0) is 60.3 Å². The van der Waals surface area contributed by atoms with E-state index in [2.05, 4.69) is 35.8 Å². The highest BCUT2D eigenvalue weighted by Crippen LogP contribution is 2.33. The highest BCUT2D eigenvalue weighted by atomic mass is 32.1. The largest absolute Gasteiger partial charge is 0.497 e. The first kappa shape index (κ1) is 12.1. The number of ether oxygens (including phenoxy) is 1. The zero-order valence-corrected chi connectivity index (χ0v) is 11.2. The van der Waals surface area contributed by atoms with Crippen LogP contribution in [0.1, 0.15) is 11.1 Å². The Morgan fingerprint density at radius 2 is 2.12 bits per heavy atom. The lowest BCUT2D eigenvalue weighted by Gasteiger charge is -2.11. The van der Waals surface area contributed by atoms with Gasteiger partial charge in [0.25, 0.3) is 0 Å². The fraction of sp³-hybridized carbons (Fsp3) is 0.286. The molecule has 90 valence electrons. The fourth-order valence-electron chi connectivity index (χ4n) is 1.90. The molecule has 17 heavy (non-hydrogen) atoms. The van der Waals surface area contributed by atoms with Crippen LogP contribution in [0.25, 0.3) is 10.4 Å². The Labute approximate surface area is 106 Å². The van der Waals surface area contributed by atoms with Crippen molar-refractivity contribution in [1.82, 2.24) is 5.32 Å². The van der Waals surface area contributed by atoms with Crippen molar-refractivity contribution in [3.63, 3.8) is 0 Å². The Morgan fingerprint density at radius 3 is 2.71 bits per heavy atom. The molecule has 0 spiro atoms. The first-order valence-electron chi connectivity index (χ1n) is 5.62. The average molecular weight is 247 g/mol. The van der Waals surface area contributed by atoms with Crippen molar-refractivity contribution in [1.29, 1.82) is 0 Å². The van der Waals surface area contributed by atoms with E-state index in [4.69, 9.17) is 4.74 Å². The summed E-state index contributed by atoms with van der Waals surface area (Å²) >= 11 is 1.79. The molecular weight excluding hydrogens is 230 g/mol. The second-order valence-electron chi connectivity index (χ2n) is 3.99. The van der Waals surface area contributed by atoms with Gasteiger partial charge in [0.2, 0.25) is 0 Å². The van der Waals surface area contributed by atoms with Crippen LogP contribution in [0.2, 0.25) is 0 Å². The fourth-order valence-corrected chi connectivity index (χ4v) is 2.89. The molecule has 1 N–H and O–H groups in total. The Morgan fingerprint density at radius 1 is 1.29 bits per heavy atom. The van der Waals surface area contributed by atoms with Crippen LogP contribution in [0.5, 0.6) is 5.75 Å². The molecule has 0 atom stereocenters. The Kier molecular flexibility index (Phi) is 3.82. The van der Waals surface area contributed by atoms with Crippen molar-refractivity contribution in [2.45, 2.75) is 13.5 Å². The molecular formula is C14H17NOS.